The van der Waals surface area contributed by atoms with Gasteiger partial charge in [-0.15, -0.1) is 0 Å². The largest absolute Gasteiger partial charge is 0.478 e. The predicted molar refractivity (Wildman–Crippen MR) is 49.0 cm³/mol. The van der Waals surface area contributed by atoms with Crippen molar-refractivity contribution in [3.63, 3.8) is 0 Å². The zero-order chi connectivity index (χ0) is 10.1. The maximum Gasteiger partial charge on any atom is 0.336 e. The average Bonchev–Trinajstić information content (AvgIpc) is 2.16. The number of carboxylic acids is 1. The molecule has 0 aromatic heterocycles. The van der Waals surface area contributed by atoms with E-state index in [9.17, 15) is 9.59 Å². The Kier molecular flexibility index (Phi) is 1.96. The summed E-state index contributed by atoms with van der Waals surface area (Å²) in [6, 6.07) is 5.01. The van der Waals surface area contributed by atoms with E-state index in [2.05, 4.69) is 5.32 Å². The van der Waals surface area contributed by atoms with Crippen LogP contribution in [0.25, 0.3) is 0 Å². The summed E-state index contributed by atoms with van der Waals surface area (Å²) in [4.78, 5) is 21.9. The van der Waals surface area contributed by atoms with Gasteiger partial charge in [0.1, 0.15) is 0 Å². The van der Waals surface area contributed by atoms with Gasteiger partial charge in [-0.2, -0.15) is 0 Å². The minimum atomic E-state index is -0.946. The molecule has 0 saturated carbocycles. The second kappa shape index (κ2) is 3.14. The maximum absolute atomic E-state index is 11.0. The Morgan fingerprint density at radius 1 is 1.43 bits per heavy atom. The monoisotopic (exact) mass is 191 g/mol. The molecule has 0 saturated heterocycles. The summed E-state index contributed by atoms with van der Waals surface area (Å²) in [6.45, 7) is 0.316. The van der Waals surface area contributed by atoms with E-state index < -0.39 is 5.97 Å². The molecule has 1 heterocycles. The first-order chi connectivity index (χ1) is 6.68. The number of amides is 1. The maximum atomic E-state index is 11.0. The number of carbonyl (C=O) groups is 2. The molecule has 1 aliphatic rings. The van der Waals surface area contributed by atoms with E-state index in [1.165, 1.54) is 0 Å². The Balaban J connectivity index is 2.52. The van der Waals surface area contributed by atoms with Crippen LogP contribution < -0.4 is 5.32 Å². The molecule has 1 aromatic rings. The molecule has 0 spiro atoms. The van der Waals surface area contributed by atoms with Gasteiger partial charge in [0.05, 0.1) is 12.0 Å². The van der Waals surface area contributed by atoms with E-state index in [1.807, 2.05) is 0 Å². The van der Waals surface area contributed by atoms with Crippen molar-refractivity contribution in [2.24, 2.45) is 0 Å². The molecule has 72 valence electrons. The van der Waals surface area contributed by atoms with Crippen LogP contribution in [0.15, 0.2) is 18.2 Å². The summed E-state index contributed by atoms with van der Waals surface area (Å²) in [6.07, 6.45) is 0.274. The van der Waals surface area contributed by atoms with E-state index in [1.54, 1.807) is 18.2 Å². The molecule has 1 amide bonds. The highest BCUT2D eigenvalue weighted by Gasteiger charge is 2.19. The molecule has 0 aliphatic carbocycles. The number of fused-ring (bicyclic) bond motifs is 1. The molecule has 0 bridgehead atoms. The molecular formula is C10H9NO3. The normalized spacial score (nSPS) is 14.4. The number of hydrogen-bond donors (Lipinski definition) is 2. The van der Waals surface area contributed by atoms with Gasteiger partial charge in [0, 0.05) is 6.54 Å². The summed E-state index contributed by atoms with van der Waals surface area (Å²) in [5.74, 6) is -1.00. The Hall–Kier alpha value is -1.84. The van der Waals surface area contributed by atoms with Crippen LogP contribution in [-0.4, -0.2) is 17.0 Å². The number of carbonyl (C=O) groups excluding carboxylic acids is 1. The van der Waals surface area contributed by atoms with Crippen molar-refractivity contribution < 1.29 is 14.7 Å². The summed E-state index contributed by atoms with van der Waals surface area (Å²) in [5, 5.41) is 11.5. The zero-order valence-corrected chi connectivity index (χ0v) is 7.41. The summed E-state index contributed by atoms with van der Waals surface area (Å²) in [5.41, 5.74) is 1.82. The number of rotatable bonds is 1. The van der Waals surface area contributed by atoms with Crippen molar-refractivity contribution in [2.75, 3.05) is 0 Å². The lowest BCUT2D eigenvalue weighted by molar-refractivity contribution is -0.121. The van der Waals surface area contributed by atoms with Crippen LogP contribution in [0.5, 0.6) is 0 Å². The number of carboxylic acid groups (broad SMARTS) is 1. The van der Waals surface area contributed by atoms with Gasteiger partial charge in [-0.25, -0.2) is 4.79 Å². The van der Waals surface area contributed by atoms with Gasteiger partial charge in [0.25, 0.3) is 0 Å². The highest BCUT2D eigenvalue weighted by molar-refractivity contribution is 5.91. The highest BCUT2D eigenvalue weighted by atomic mass is 16.4. The van der Waals surface area contributed by atoms with Crippen molar-refractivity contribution in [3.05, 3.63) is 34.9 Å². The molecule has 1 aromatic carbocycles. The van der Waals surface area contributed by atoms with Crippen molar-refractivity contribution in [2.45, 2.75) is 13.0 Å². The fourth-order valence-electron chi connectivity index (χ4n) is 1.63. The van der Waals surface area contributed by atoms with Crippen LogP contribution in [0.3, 0.4) is 0 Å². The fourth-order valence-corrected chi connectivity index (χ4v) is 1.63. The first-order valence-corrected chi connectivity index (χ1v) is 4.29. The van der Waals surface area contributed by atoms with Gasteiger partial charge < -0.3 is 10.4 Å². The average molecular weight is 191 g/mol. The number of benzene rings is 1. The van der Waals surface area contributed by atoms with Gasteiger partial charge in [-0.1, -0.05) is 12.1 Å². The lowest BCUT2D eigenvalue weighted by Crippen LogP contribution is -2.31. The summed E-state index contributed by atoms with van der Waals surface area (Å²) >= 11 is 0. The van der Waals surface area contributed by atoms with E-state index in [-0.39, 0.29) is 17.9 Å². The van der Waals surface area contributed by atoms with Crippen molar-refractivity contribution in [1.29, 1.82) is 0 Å². The van der Waals surface area contributed by atoms with Gasteiger partial charge >= 0.3 is 5.97 Å². The number of hydrogen-bond acceptors (Lipinski definition) is 2. The SMILES string of the molecule is O=C1Cc2cccc(C(=O)O)c2CN1. The Morgan fingerprint density at radius 2 is 2.21 bits per heavy atom. The fraction of sp³-hybridized carbons (Fsp3) is 0.200. The molecule has 0 radical (unpaired) electrons. The number of aromatic carboxylic acids is 1. The van der Waals surface area contributed by atoms with Crippen LogP contribution in [0.4, 0.5) is 0 Å². The molecule has 2 rings (SSSR count). The second-order valence-electron chi connectivity index (χ2n) is 3.20. The molecule has 4 heteroatoms. The Bertz CT molecular complexity index is 412. The molecule has 0 unspecified atom stereocenters. The third-order valence-corrected chi connectivity index (χ3v) is 2.32. The van der Waals surface area contributed by atoms with E-state index >= 15 is 0 Å². The van der Waals surface area contributed by atoms with Crippen molar-refractivity contribution in [1.82, 2.24) is 5.32 Å². The van der Waals surface area contributed by atoms with Gasteiger partial charge in [0.15, 0.2) is 0 Å². The van der Waals surface area contributed by atoms with Crippen LogP contribution in [-0.2, 0) is 17.8 Å². The first-order valence-electron chi connectivity index (χ1n) is 4.29. The molecule has 1 aliphatic heterocycles. The smallest absolute Gasteiger partial charge is 0.336 e. The van der Waals surface area contributed by atoms with Crippen molar-refractivity contribution in [3.8, 4) is 0 Å². The van der Waals surface area contributed by atoms with Gasteiger partial charge in [-0.3, -0.25) is 4.79 Å². The summed E-state index contributed by atoms with van der Waals surface area (Å²) in [7, 11) is 0. The second-order valence-corrected chi connectivity index (χ2v) is 3.20. The molecule has 4 nitrogen and oxygen atoms in total. The Labute approximate surface area is 80.6 Å². The summed E-state index contributed by atoms with van der Waals surface area (Å²) < 4.78 is 0. The molecular weight excluding hydrogens is 182 g/mol. The van der Waals surface area contributed by atoms with Gasteiger partial charge in [0.2, 0.25) is 5.91 Å². The lowest BCUT2D eigenvalue weighted by atomic mass is 9.96. The van der Waals surface area contributed by atoms with Gasteiger partial charge in [-0.05, 0) is 17.2 Å². The first kappa shape index (κ1) is 8.74. The van der Waals surface area contributed by atoms with E-state index in [0.717, 1.165) is 11.1 Å². The topological polar surface area (TPSA) is 66.4 Å². The minimum Gasteiger partial charge on any atom is -0.478 e. The van der Waals surface area contributed by atoms with Crippen LogP contribution >= 0.6 is 0 Å². The van der Waals surface area contributed by atoms with Crippen LogP contribution in [0.2, 0.25) is 0 Å². The quantitative estimate of drug-likeness (QED) is 0.681. The van der Waals surface area contributed by atoms with Crippen LogP contribution in [0, 0.1) is 0 Å². The molecule has 0 fully saturated rings. The third kappa shape index (κ3) is 1.35. The lowest BCUT2D eigenvalue weighted by Gasteiger charge is -2.18. The predicted octanol–water partition coefficient (Wildman–Crippen LogP) is 0.557. The number of nitrogens with one attached hydrogen (secondary N) is 1. The molecule has 0 atom stereocenters. The van der Waals surface area contributed by atoms with E-state index in [4.69, 9.17) is 5.11 Å². The Morgan fingerprint density at radius 3 is 2.93 bits per heavy atom. The van der Waals surface area contributed by atoms with E-state index in [0.29, 0.717) is 6.54 Å². The minimum absolute atomic E-state index is 0.0555. The van der Waals surface area contributed by atoms with Crippen molar-refractivity contribution >= 4 is 11.9 Å². The standard InChI is InChI=1S/C10H9NO3/c12-9-4-6-2-1-3-7(10(13)14)8(6)5-11-9/h1-3H,4-5H2,(H,11,12)(H,13,14). The van der Waals surface area contributed by atoms with Crippen LogP contribution in [0.1, 0.15) is 21.5 Å². The zero-order valence-electron chi connectivity index (χ0n) is 7.41. The highest BCUT2D eigenvalue weighted by Crippen LogP contribution is 2.18. The molecule has 14 heavy (non-hydrogen) atoms. The third-order valence-electron chi connectivity index (χ3n) is 2.32. The molecule has 2 N–H and O–H groups in total.